The lowest BCUT2D eigenvalue weighted by molar-refractivity contribution is 0.623. The molecule has 0 heterocycles. The van der Waals surface area contributed by atoms with Crippen LogP contribution in [0.3, 0.4) is 0 Å². The van der Waals surface area contributed by atoms with Gasteiger partial charge in [-0.1, -0.05) is 12.8 Å². The lowest BCUT2D eigenvalue weighted by Crippen LogP contribution is -2.06. The van der Waals surface area contributed by atoms with Gasteiger partial charge in [0.2, 0.25) is 0 Å². The molecule has 0 unspecified atom stereocenters. The van der Waals surface area contributed by atoms with Crippen LogP contribution in [0.5, 0.6) is 0 Å². The Bertz CT molecular complexity index is 119. The lowest BCUT2D eigenvalue weighted by Gasteiger charge is -1.97. The molecule has 0 aliphatic carbocycles. The topological polar surface area (TPSA) is 12.0 Å². The molecule has 0 aromatic carbocycles. The second kappa shape index (κ2) is 9.52. The molecule has 0 aromatic heterocycles. The number of hydrogen-bond donors (Lipinski definition) is 1. The highest BCUT2D eigenvalue weighted by Crippen LogP contribution is 2.00. The maximum Gasteiger partial charge on any atom is 0.00885 e. The quantitative estimate of drug-likeness (QED) is 0.455. The van der Waals surface area contributed by atoms with E-state index in [0.29, 0.717) is 0 Å². The Morgan fingerprint density at radius 1 is 1.09 bits per heavy atom. The molecule has 0 aliphatic rings. The van der Waals surface area contributed by atoms with Gasteiger partial charge in [-0.25, -0.2) is 0 Å². The summed E-state index contributed by atoms with van der Waals surface area (Å²) < 4.78 is 0. The van der Waals surface area contributed by atoms with Crippen molar-refractivity contribution in [2.45, 2.75) is 39.0 Å². The molecule has 1 nitrogen and oxygen atoms in total. The molecule has 0 spiro atoms. The molecule has 0 rings (SSSR count). The minimum absolute atomic E-state index is 1.08. The van der Waals surface area contributed by atoms with Crippen LogP contribution in [0.2, 0.25) is 0 Å². The van der Waals surface area contributed by atoms with E-state index in [1.165, 1.54) is 25.7 Å². The summed E-state index contributed by atoms with van der Waals surface area (Å²) in [6.07, 6.45) is 6.32. The van der Waals surface area contributed by atoms with Gasteiger partial charge >= 0.3 is 0 Å². The van der Waals surface area contributed by atoms with E-state index < -0.39 is 0 Å². The minimum Gasteiger partial charge on any atom is -0.320 e. The molecule has 64 valence electrons. The zero-order chi connectivity index (χ0) is 8.36. The first-order valence-electron chi connectivity index (χ1n) is 4.46. The van der Waals surface area contributed by atoms with Crippen molar-refractivity contribution in [3.63, 3.8) is 0 Å². The molecule has 0 saturated heterocycles. The fourth-order valence-electron chi connectivity index (χ4n) is 0.994. The van der Waals surface area contributed by atoms with Crippen molar-refractivity contribution in [2.24, 2.45) is 0 Å². The summed E-state index contributed by atoms with van der Waals surface area (Å²) in [6, 6.07) is 0. The second-order valence-corrected chi connectivity index (χ2v) is 2.69. The first-order valence-corrected chi connectivity index (χ1v) is 4.46. The predicted molar refractivity (Wildman–Crippen MR) is 50.5 cm³/mol. The van der Waals surface area contributed by atoms with Gasteiger partial charge in [0, 0.05) is 6.42 Å². The van der Waals surface area contributed by atoms with E-state index in [1.54, 1.807) is 0 Å². The predicted octanol–water partition coefficient (Wildman–Crippen LogP) is 2.18. The molecule has 0 bridgehead atoms. The number of unbranched alkanes of at least 4 members (excludes halogenated alkanes) is 4. The molecule has 0 radical (unpaired) electrons. The molecule has 0 saturated carbocycles. The molecular weight excluding hydrogens is 134 g/mol. The van der Waals surface area contributed by atoms with E-state index in [0.717, 1.165) is 13.0 Å². The Morgan fingerprint density at radius 3 is 2.45 bits per heavy atom. The number of nitrogens with one attached hydrogen (secondary N) is 1. The van der Waals surface area contributed by atoms with E-state index in [4.69, 9.17) is 0 Å². The van der Waals surface area contributed by atoms with Crippen molar-refractivity contribution in [1.29, 1.82) is 0 Å². The highest BCUT2D eigenvalue weighted by atomic mass is 14.8. The van der Waals surface area contributed by atoms with Gasteiger partial charge in [0.1, 0.15) is 0 Å². The van der Waals surface area contributed by atoms with Gasteiger partial charge in [0.25, 0.3) is 0 Å². The summed E-state index contributed by atoms with van der Waals surface area (Å²) in [5.74, 6) is 5.98. The molecular formula is C10H19N. The van der Waals surface area contributed by atoms with Crippen LogP contribution in [0.4, 0.5) is 0 Å². The summed E-state index contributed by atoms with van der Waals surface area (Å²) in [5, 5.41) is 3.14. The Balaban J connectivity index is 2.83. The van der Waals surface area contributed by atoms with Crippen molar-refractivity contribution >= 4 is 0 Å². The smallest absolute Gasteiger partial charge is 0.00885 e. The average molecular weight is 153 g/mol. The maximum absolute atomic E-state index is 3.14. The normalized spacial score (nSPS) is 8.91. The van der Waals surface area contributed by atoms with Crippen molar-refractivity contribution in [3.05, 3.63) is 0 Å². The first-order chi connectivity index (χ1) is 5.41. The number of hydrogen-bond acceptors (Lipinski definition) is 1. The van der Waals surface area contributed by atoms with E-state index in [2.05, 4.69) is 17.2 Å². The van der Waals surface area contributed by atoms with E-state index in [1.807, 2.05) is 14.0 Å². The van der Waals surface area contributed by atoms with Crippen molar-refractivity contribution < 1.29 is 0 Å². The van der Waals surface area contributed by atoms with Gasteiger partial charge in [-0.2, -0.15) is 0 Å². The van der Waals surface area contributed by atoms with Crippen LogP contribution in [0, 0.1) is 11.8 Å². The fourth-order valence-corrected chi connectivity index (χ4v) is 0.994. The Morgan fingerprint density at radius 2 is 1.82 bits per heavy atom. The molecule has 0 aromatic rings. The van der Waals surface area contributed by atoms with Crippen molar-refractivity contribution in [1.82, 2.24) is 5.32 Å². The third kappa shape index (κ3) is 9.52. The van der Waals surface area contributed by atoms with Gasteiger partial charge < -0.3 is 5.32 Å². The Hall–Kier alpha value is -0.480. The summed E-state index contributed by atoms with van der Waals surface area (Å²) >= 11 is 0. The Labute approximate surface area is 70.6 Å². The monoisotopic (exact) mass is 153 g/mol. The van der Waals surface area contributed by atoms with Gasteiger partial charge in [-0.3, -0.25) is 0 Å². The highest BCUT2D eigenvalue weighted by molar-refractivity contribution is 4.94. The van der Waals surface area contributed by atoms with Crippen molar-refractivity contribution in [2.75, 3.05) is 13.6 Å². The molecule has 1 heteroatoms. The minimum atomic E-state index is 1.08. The standard InChI is InChI=1S/C10H19N/c1-3-4-5-6-7-8-9-10-11-2/h11H,5-10H2,1-2H3. The first kappa shape index (κ1) is 10.5. The van der Waals surface area contributed by atoms with Crippen LogP contribution in [-0.4, -0.2) is 13.6 Å². The number of rotatable bonds is 6. The maximum atomic E-state index is 3.14. The fraction of sp³-hybridized carbons (Fsp3) is 0.800. The summed E-state index contributed by atoms with van der Waals surface area (Å²) in [7, 11) is 2.00. The Kier molecular flexibility index (Phi) is 9.10. The van der Waals surface area contributed by atoms with E-state index in [-0.39, 0.29) is 0 Å². The molecule has 0 amide bonds. The summed E-state index contributed by atoms with van der Waals surface area (Å²) in [4.78, 5) is 0. The van der Waals surface area contributed by atoms with Gasteiger partial charge in [0.15, 0.2) is 0 Å². The van der Waals surface area contributed by atoms with Crippen LogP contribution >= 0.6 is 0 Å². The molecule has 11 heavy (non-hydrogen) atoms. The van der Waals surface area contributed by atoms with Crippen LogP contribution in [-0.2, 0) is 0 Å². The third-order valence-electron chi connectivity index (χ3n) is 1.66. The second-order valence-electron chi connectivity index (χ2n) is 2.69. The van der Waals surface area contributed by atoms with Crippen LogP contribution in [0.15, 0.2) is 0 Å². The van der Waals surface area contributed by atoms with Gasteiger partial charge in [-0.15, -0.1) is 11.8 Å². The zero-order valence-electron chi connectivity index (χ0n) is 7.74. The van der Waals surface area contributed by atoms with Crippen LogP contribution in [0.25, 0.3) is 0 Å². The van der Waals surface area contributed by atoms with Crippen LogP contribution in [0.1, 0.15) is 39.0 Å². The highest BCUT2D eigenvalue weighted by Gasteiger charge is 1.86. The zero-order valence-corrected chi connectivity index (χ0v) is 7.74. The molecule has 0 aliphatic heterocycles. The van der Waals surface area contributed by atoms with Crippen LogP contribution < -0.4 is 5.32 Å². The van der Waals surface area contributed by atoms with E-state index >= 15 is 0 Å². The average Bonchev–Trinajstić information content (AvgIpc) is 2.03. The SMILES string of the molecule is CC#CCCCCCCNC. The summed E-state index contributed by atoms with van der Waals surface area (Å²) in [5.41, 5.74) is 0. The van der Waals surface area contributed by atoms with Gasteiger partial charge in [-0.05, 0) is 33.4 Å². The molecule has 0 atom stereocenters. The largest absolute Gasteiger partial charge is 0.320 e. The molecule has 1 N–H and O–H groups in total. The third-order valence-corrected chi connectivity index (χ3v) is 1.66. The summed E-state index contributed by atoms with van der Waals surface area (Å²) in [6.45, 7) is 3.06. The molecule has 0 fully saturated rings. The lowest BCUT2D eigenvalue weighted by atomic mass is 10.1. The van der Waals surface area contributed by atoms with Gasteiger partial charge in [0.05, 0.1) is 0 Å². The van der Waals surface area contributed by atoms with E-state index in [9.17, 15) is 0 Å². The van der Waals surface area contributed by atoms with Crippen molar-refractivity contribution in [3.8, 4) is 11.8 Å².